The minimum atomic E-state index is -1.04. The van der Waals surface area contributed by atoms with E-state index in [-0.39, 0.29) is 0 Å². The van der Waals surface area contributed by atoms with Crippen LogP contribution in [-0.2, 0) is 0 Å². The Morgan fingerprint density at radius 2 is 1.87 bits per heavy atom. The summed E-state index contributed by atoms with van der Waals surface area (Å²) in [6.07, 6.45) is 9.19. The van der Waals surface area contributed by atoms with Crippen LogP contribution in [0.15, 0.2) is 23.8 Å². The molecule has 0 fully saturated rings. The first-order valence-corrected chi connectivity index (χ1v) is 9.93. The van der Waals surface area contributed by atoms with Crippen molar-refractivity contribution in [2.75, 3.05) is 0 Å². The van der Waals surface area contributed by atoms with Gasteiger partial charge >= 0.3 is 0 Å². The van der Waals surface area contributed by atoms with Gasteiger partial charge in [-0.05, 0) is 18.4 Å². The molecular formula is C14H26Si. The third-order valence-electron chi connectivity index (χ3n) is 3.30. The van der Waals surface area contributed by atoms with Gasteiger partial charge in [-0.15, -0.1) is 0 Å². The van der Waals surface area contributed by atoms with Crippen LogP contribution >= 0.6 is 0 Å². The van der Waals surface area contributed by atoms with Crippen LogP contribution in [0.25, 0.3) is 0 Å². The van der Waals surface area contributed by atoms with Crippen LogP contribution in [0.4, 0.5) is 0 Å². The van der Waals surface area contributed by atoms with Crippen molar-refractivity contribution in [3.05, 3.63) is 23.8 Å². The van der Waals surface area contributed by atoms with Gasteiger partial charge in [0, 0.05) is 0 Å². The summed E-state index contributed by atoms with van der Waals surface area (Å²) in [7, 11) is -1.04. The third kappa shape index (κ3) is 3.34. The fraction of sp³-hybridized carbons (Fsp3) is 0.714. The SMILES string of the molecule is C=C1C=C(CCCCCC)C1[Si](C)(C)C. The quantitative estimate of drug-likeness (QED) is 0.430. The Hall–Kier alpha value is -0.303. The van der Waals surface area contributed by atoms with Crippen molar-refractivity contribution in [2.24, 2.45) is 0 Å². The minimum absolute atomic E-state index is 0.791. The second kappa shape index (κ2) is 5.15. The number of allylic oxidation sites excluding steroid dienone is 3. The van der Waals surface area contributed by atoms with Gasteiger partial charge in [-0.3, -0.25) is 0 Å². The van der Waals surface area contributed by atoms with Crippen molar-refractivity contribution in [1.29, 1.82) is 0 Å². The average Bonchev–Trinajstić information content (AvgIpc) is 2.06. The standard InChI is InChI=1S/C14H26Si/c1-6-7-8-9-10-13-11-12(2)14(13)15(3,4)5/h11,14H,2,6-10H2,1,3-5H3. The van der Waals surface area contributed by atoms with E-state index in [4.69, 9.17) is 0 Å². The van der Waals surface area contributed by atoms with Crippen LogP contribution in [0, 0.1) is 0 Å². The van der Waals surface area contributed by atoms with E-state index in [0.29, 0.717) is 0 Å². The van der Waals surface area contributed by atoms with Crippen molar-refractivity contribution in [3.63, 3.8) is 0 Å². The van der Waals surface area contributed by atoms with E-state index in [0.717, 1.165) is 5.54 Å². The largest absolute Gasteiger partial charge is 0.0955 e. The van der Waals surface area contributed by atoms with Crippen LogP contribution in [-0.4, -0.2) is 8.07 Å². The lowest BCUT2D eigenvalue weighted by Crippen LogP contribution is -2.34. The van der Waals surface area contributed by atoms with E-state index in [1.165, 1.54) is 37.7 Å². The summed E-state index contributed by atoms with van der Waals surface area (Å²) in [6.45, 7) is 13.8. The normalized spacial score (nSPS) is 21.2. The molecular weight excluding hydrogens is 196 g/mol. The molecule has 1 heteroatoms. The van der Waals surface area contributed by atoms with Crippen LogP contribution in [0.2, 0.25) is 25.2 Å². The fourth-order valence-electron chi connectivity index (χ4n) is 2.63. The maximum atomic E-state index is 4.16. The van der Waals surface area contributed by atoms with E-state index in [1.807, 2.05) is 0 Å². The van der Waals surface area contributed by atoms with Gasteiger partial charge in [-0.2, -0.15) is 0 Å². The number of hydrogen-bond acceptors (Lipinski definition) is 0. The minimum Gasteiger partial charge on any atom is -0.0955 e. The van der Waals surface area contributed by atoms with E-state index < -0.39 is 8.07 Å². The summed E-state index contributed by atoms with van der Waals surface area (Å²) < 4.78 is 0. The second-order valence-corrected chi connectivity index (χ2v) is 11.2. The van der Waals surface area contributed by atoms with Gasteiger partial charge in [-0.1, -0.05) is 69.6 Å². The molecule has 0 aromatic carbocycles. The molecule has 0 saturated carbocycles. The van der Waals surface area contributed by atoms with E-state index in [9.17, 15) is 0 Å². The molecule has 1 atom stereocenters. The molecule has 0 saturated heterocycles. The summed E-state index contributed by atoms with van der Waals surface area (Å²) in [4.78, 5) is 0. The third-order valence-corrected chi connectivity index (χ3v) is 5.77. The summed E-state index contributed by atoms with van der Waals surface area (Å²) >= 11 is 0. The summed E-state index contributed by atoms with van der Waals surface area (Å²) in [6, 6.07) is 0. The molecule has 15 heavy (non-hydrogen) atoms. The Morgan fingerprint density at radius 1 is 1.20 bits per heavy atom. The highest BCUT2D eigenvalue weighted by molar-refractivity contribution is 6.79. The molecule has 1 rings (SSSR count). The molecule has 0 nitrogen and oxygen atoms in total. The molecule has 0 spiro atoms. The monoisotopic (exact) mass is 222 g/mol. The lowest BCUT2D eigenvalue weighted by molar-refractivity contribution is 0.652. The molecule has 1 unspecified atom stereocenters. The predicted octanol–water partition coefficient (Wildman–Crippen LogP) is 5.16. The first-order chi connectivity index (χ1) is 6.96. The van der Waals surface area contributed by atoms with Gasteiger partial charge < -0.3 is 0 Å². The lowest BCUT2D eigenvalue weighted by atomic mass is 9.89. The highest BCUT2D eigenvalue weighted by atomic mass is 28.3. The van der Waals surface area contributed by atoms with Crippen molar-refractivity contribution in [2.45, 2.75) is 64.2 Å². The Labute approximate surface area is 96.5 Å². The highest BCUT2D eigenvalue weighted by Gasteiger charge is 2.36. The summed E-state index contributed by atoms with van der Waals surface area (Å²) in [5.41, 5.74) is 3.90. The van der Waals surface area contributed by atoms with Gasteiger partial charge in [0.05, 0.1) is 8.07 Å². The topological polar surface area (TPSA) is 0 Å². The van der Waals surface area contributed by atoms with Gasteiger partial charge in [0.25, 0.3) is 0 Å². The molecule has 0 aromatic heterocycles. The van der Waals surface area contributed by atoms with Crippen LogP contribution in [0.5, 0.6) is 0 Å². The van der Waals surface area contributed by atoms with E-state index in [1.54, 1.807) is 5.57 Å². The number of hydrogen-bond donors (Lipinski definition) is 0. The van der Waals surface area contributed by atoms with Crippen molar-refractivity contribution >= 4 is 8.07 Å². The zero-order valence-corrected chi connectivity index (χ0v) is 11.9. The van der Waals surface area contributed by atoms with Crippen LogP contribution < -0.4 is 0 Å². The zero-order chi connectivity index (χ0) is 11.5. The molecule has 0 aliphatic heterocycles. The van der Waals surface area contributed by atoms with Gasteiger partial charge in [0.1, 0.15) is 0 Å². The van der Waals surface area contributed by atoms with Gasteiger partial charge in [0.15, 0.2) is 0 Å². The summed E-state index contributed by atoms with van der Waals surface area (Å²) in [5, 5.41) is 0. The zero-order valence-electron chi connectivity index (χ0n) is 10.9. The maximum absolute atomic E-state index is 4.16. The Morgan fingerprint density at radius 3 is 2.33 bits per heavy atom. The molecule has 0 heterocycles. The lowest BCUT2D eigenvalue weighted by Gasteiger charge is -2.39. The Bertz CT molecular complexity index is 255. The second-order valence-electron chi connectivity index (χ2n) is 5.90. The Balaban J connectivity index is 2.38. The summed E-state index contributed by atoms with van der Waals surface area (Å²) in [5.74, 6) is 0. The molecule has 0 radical (unpaired) electrons. The van der Waals surface area contributed by atoms with Crippen molar-refractivity contribution < 1.29 is 0 Å². The number of unbranched alkanes of at least 4 members (excludes halogenated alkanes) is 3. The fourth-order valence-corrected chi connectivity index (χ4v) is 5.17. The maximum Gasteiger partial charge on any atom is 0.0569 e. The predicted molar refractivity (Wildman–Crippen MR) is 73.1 cm³/mol. The van der Waals surface area contributed by atoms with Crippen molar-refractivity contribution in [3.8, 4) is 0 Å². The highest BCUT2D eigenvalue weighted by Crippen LogP contribution is 2.46. The van der Waals surface area contributed by atoms with Crippen LogP contribution in [0.1, 0.15) is 39.0 Å². The molecule has 1 aliphatic rings. The first-order valence-electron chi connectivity index (χ1n) is 6.36. The van der Waals surface area contributed by atoms with Crippen LogP contribution in [0.3, 0.4) is 0 Å². The van der Waals surface area contributed by atoms with Gasteiger partial charge in [-0.25, -0.2) is 0 Å². The number of rotatable bonds is 6. The molecule has 0 N–H and O–H groups in total. The molecule has 0 amide bonds. The van der Waals surface area contributed by atoms with E-state index >= 15 is 0 Å². The van der Waals surface area contributed by atoms with Gasteiger partial charge in [0.2, 0.25) is 0 Å². The van der Waals surface area contributed by atoms with E-state index in [2.05, 4.69) is 39.2 Å². The molecule has 1 aliphatic carbocycles. The average molecular weight is 222 g/mol. The smallest absolute Gasteiger partial charge is 0.0569 e. The molecule has 0 bridgehead atoms. The Kier molecular flexibility index (Phi) is 4.39. The first kappa shape index (κ1) is 12.8. The van der Waals surface area contributed by atoms with Crippen molar-refractivity contribution in [1.82, 2.24) is 0 Å². The molecule has 0 aromatic rings. The molecule has 86 valence electrons.